The van der Waals surface area contributed by atoms with Crippen LogP contribution in [-0.4, -0.2) is 27.3 Å². The third-order valence-corrected chi connectivity index (χ3v) is 3.55. The molecule has 2 aromatic heterocycles. The summed E-state index contributed by atoms with van der Waals surface area (Å²) in [4.78, 5) is 15.9. The third-order valence-electron chi connectivity index (χ3n) is 3.55. The molecule has 0 bridgehead atoms. The first-order valence-corrected chi connectivity index (χ1v) is 7.44. The van der Waals surface area contributed by atoms with Crippen LogP contribution < -0.4 is 5.32 Å². The highest BCUT2D eigenvalue weighted by Gasteiger charge is 2.43. The Morgan fingerprint density at radius 2 is 1.85 bits per heavy atom. The van der Waals surface area contributed by atoms with E-state index in [0.717, 1.165) is 0 Å². The molecular formula is C17H12F4N4O. The molecule has 0 aliphatic carbocycles. The van der Waals surface area contributed by atoms with E-state index in [-0.39, 0.29) is 11.4 Å². The van der Waals surface area contributed by atoms with Crippen molar-refractivity contribution in [3.63, 3.8) is 0 Å². The Hall–Kier alpha value is -3.23. The molecule has 0 saturated carbocycles. The summed E-state index contributed by atoms with van der Waals surface area (Å²) in [6.07, 6.45) is -3.51. The third kappa shape index (κ3) is 3.88. The van der Waals surface area contributed by atoms with Gasteiger partial charge in [0.05, 0.1) is 11.4 Å². The maximum absolute atomic E-state index is 13.3. The Kier molecular flexibility index (Phi) is 4.70. The van der Waals surface area contributed by atoms with Gasteiger partial charge in [0.25, 0.3) is 5.91 Å². The van der Waals surface area contributed by atoms with Gasteiger partial charge in [-0.3, -0.25) is 14.9 Å². The molecule has 0 aliphatic rings. The van der Waals surface area contributed by atoms with Crippen LogP contribution in [0.5, 0.6) is 0 Å². The summed E-state index contributed by atoms with van der Waals surface area (Å²) in [6.45, 7) is 0. The first-order chi connectivity index (χ1) is 12.3. The van der Waals surface area contributed by atoms with Crippen LogP contribution in [-0.2, 0) is 0 Å². The molecule has 5 nitrogen and oxygen atoms in total. The van der Waals surface area contributed by atoms with Crippen LogP contribution in [0.1, 0.15) is 22.2 Å². The van der Waals surface area contributed by atoms with Crippen LogP contribution in [0.2, 0.25) is 0 Å². The molecule has 0 fully saturated rings. The number of nitrogens with zero attached hydrogens (tertiary/aromatic N) is 2. The lowest BCUT2D eigenvalue weighted by atomic mass is 10.1. The quantitative estimate of drug-likeness (QED) is 0.695. The predicted octanol–water partition coefficient (Wildman–Crippen LogP) is 3.64. The van der Waals surface area contributed by atoms with Gasteiger partial charge in [-0.15, -0.1) is 0 Å². The van der Waals surface area contributed by atoms with Crippen molar-refractivity contribution in [2.24, 2.45) is 0 Å². The van der Waals surface area contributed by atoms with Crippen molar-refractivity contribution in [2.45, 2.75) is 12.2 Å². The van der Waals surface area contributed by atoms with Crippen molar-refractivity contribution in [1.29, 1.82) is 0 Å². The number of carbonyl (C=O) groups excluding carboxylic acids is 1. The van der Waals surface area contributed by atoms with Crippen LogP contribution in [0.25, 0.3) is 11.3 Å². The highest BCUT2D eigenvalue weighted by Crippen LogP contribution is 2.31. The Morgan fingerprint density at radius 3 is 2.46 bits per heavy atom. The van der Waals surface area contributed by atoms with Crippen molar-refractivity contribution in [1.82, 2.24) is 20.5 Å². The van der Waals surface area contributed by atoms with E-state index in [0.29, 0.717) is 11.3 Å². The van der Waals surface area contributed by atoms with Crippen LogP contribution >= 0.6 is 0 Å². The SMILES string of the molecule is O=C(N[C@H](c1ccccn1)C(F)(F)F)c1cc(-c2ccc(F)cc2)n[nH]1. The number of hydrogen-bond donors (Lipinski definition) is 2. The molecule has 1 atom stereocenters. The molecule has 134 valence electrons. The van der Waals surface area contributed by atoms with E-state index in [2.05, 4.69) is 15.2 Å². The van der Waals surface area contributed by atoms with Crippen molar-refractivity contribution in [2.75, 3.05) is 0 Å². The molecule has 0 saturated heterocycles. The van der Waals surface area contributed by atoms with Gasteiger partial charge in [0.15, 0.2) is 6.04 Å². The van der Waals surface area contributed by atoms with Crippen molar-refractivity contribution < 1.29 is 22.4 Å². The van der Waals surface area contributed by atoms with Crippen LogP contribution in [0, 0.1) is 5.82 Å². The summed E-state index contributed by atoms with van der Waals surface area (Å²) in [5.41, 5.74) is 0.330. The highest BCUT2D eigenvalue weighted by atomic mass is 19.4. The fourth-order valence-electron chi connectivity index (χ4n) is 2.29. The lowest BCUT2D eigenvalue weighted by molar-refractivity contribution is -0.156. The number of H-pyrrole nitrogens is 1. The lowest BCUT2D eigenvalue weighted by Gasteiger charge is -2.20. The number of benzene rings is 1. The summed E-state index contributed by atoms with van der Waals surface area (Å²) >= 11 is 0. The minimum Gasteiger partial charge on any atom is -0.334 e. The largest absolute Gasteiger partial charge is 0.414 e. The van der Waals surface area contributed by atoms with E-state index in [1.165, 1.54) is 54.7 Å². The molecule has 0 radical (unpaired) electrons. The number of amides is 1. The first-order valence-electron chi connectivity index (χ1n) is 7.44. The molecule has 1 amide bonds. The molecule has 0 aliphatic heterocycles. The number of rotatable bonds is 4. The van der Waals surface area contributed by atoms with E-state index in [4.69, 9.17) is 0 Å². The Balaban J connectivity index is 1.81. The van der Waals surface area contributed by atoms with Gasteiger partial charge < -0.3 is 5.32 Å². The first kappa shape index (κ1) is 17.6. The summed E-state index contributed by atoms with van der Waals surface area (Å²) in [5.74, 6) is -1.43. The number of hydrogen-bond acceptors (Lipinski definition) is 3. The molecule has 3 rings (SSSR count). The fourth-order valence-corrected chi connectivity index (χ4v) is 2.29. The average Bonchev–Trinajstić information content (AvgIpc) is 3.10. The van der Waals surface area contributed by atoms with Gasteiger partial charge in [0, 0.05) is 11.8 Å². The van der Waals surface area contributed by atoms with Crippen molar-refractivity contribution in [3.05, 3.63) is 71.9 Å². The molecule has 3 aromatic rings. The standard InChI is InChI=1S/C17H12F4N4O/c18-11-6-4-10(5-7-11)13-9-14(25-24-13)16(26)23-15(17(19,20)21)12-3-1-2-8-22-12/h1-9,15H,(H,23,26)(H,24,25)/t15-/m1/s1. The summed E-state index contributed by atoms with van der Waals surface area (Å²) in [5, 5.41) is 8.16. The second-order valence-electron chi connectivity index (χ2n) is 5.38. The zero-order valence-corrected chi connectivity index (χ0v) is 13.1. The fraction of sp³-hybridized carbons (Fsp3) is 0.118. The van der Waals surface area contributed by atoms with Gasteiger partial charge in [-0.05, 0) is 42.5 Å². The zero-order chi connectivity index (χ0) is 18.7. The topological polar surface area (TPSA) is 70.7 Å². The normalized spacial score (nSPS) is 12.6. The molecule has 0 unspecified atom stereocenters. The van der Waals surface area contributed by atoms with E-state index < -0.39 is 23.9 Å². The second kappa shape index (κ2) is 6.95. The van der Waals surface area contributed by atoms with E-state index in [1.54, 1.807) is 0 Å². The van der Waals surface area contributed by atoms with Gasteiger partial charge in [0.1, 0.15) is 11.5 Å². The van der Waals surface area contributed by atoms with Crippen molar-refractivity contribution >= 4 is 5.91 Å². The molecule has 2 N–H and O–H groups in total. The number of aromatic nitrogens is 3. The number of aromatic amines is 1. The lowest BCUT2D eigenvalue weighted by Crippen LogP contribution is -2.38. The van der Waals surface area contributed by atoms with Crippen LogP contribution in [0.3, 0.4) is 0 Å². The second-order valence-corrected chi connectivity index (χ2v) is 5.38. The van der Waals surface area contributed by atoms with Gasteiger partial charge in [-0.2, -0.15) is 18.3 Å². The van der Waals surface area contributed by atoms with Crippen LogP contribution in [0.4, 0.5) is 17.6 Å². The number of pyridine rings is 1. The maximum Gasteiger partial charge on any atom is 0.414 e. The van der Waals surface area contributed by atoms with E-state index in [9.17, 15) is 22.4 Å². The molecule has 9 heteroatoms. The monoisotopic (exact) mass is 364 g/mol. The number of alkyl halides is 3. The van der Waals surface area contributed by atoms with E-state index >= 15 is 0 Å². The van der Waals surface area contributed by atoms with Gasteiger partial charge in [-0.25, -0.2) is 4.39 Å². The molecule has 26 heavy (non-hydrogen) atoms. The van der Waals surface area contributed by atoms with Gasteiger partial charge in [0.2, 0.25) is 0 Å². The summed E-state index contributed by atoms with van der Waals surface area (Å²) < 4.78 is 52.8. The Labute approximate surface area is 145 Å². The van der Waals surface area contributed by atoms with Crippen molar-refractivity contribution in [3.8, 4) is 11.3 Å². The Bertz CT molecular complexity index is 891. The maximum atomic E-state index is 13.3. The highest BCUT2D eigenvalue weighted by molar-refractivity contribution is 5.93. The van der Waals surface area contributed by atoms with Gasteiger partial charge in [-0.1, -0.05) is 6.07 Å². The average molecular weight is 364 g/mol. The molecule has 0 spiro atoms. The molecule has 1 aromatic carbocycles. The molecular weight excluding hydrogens is 352 g/mol. The minimum atomic E-state index is -4.72. The smallest absolute Gasteiger partial charge is 0.334 e. The minimum absolute atomic E-state index is 0.158. The number of halogens is 4. The Morgan fingerprint density at radius 1 is 1.12 bits per heavy atom. The zero-order valence-electron chi connectivity index (χ0n) is 13.1. The number of carbonyl (C=O) groups is 1. The summed E-state index contributed by atoms with van der Waals surface area (Å²) in [7, 11) is 0. The van der Waals surface area contributed by atoms with Crippen LogP contribution in [0.15, 0.2) is 54.7 Å². The van der Waals surface area contributed by atoms with E-state index in [1.807, 2.05) is 5.32 Å². The summed E-state index contributed by atoms with van der Waals surface area (Å²) in [6, 6.07) is 8.39. The number of nitrogens with one attached hydrogen (secondary N) is 2. The van der Waals surface area contributed by atoms with Gasteiger partial charge >= 0.3 is 6.18 Å². The molecule has 2 heterocycles. The predicted molar refractivity (Wildman–Crippen MR) is 84.5 cm³/mol.